The van der Waals surface area contributed by atoms with E-state index < -0.39 is 30.4 Å². The van der Waals surface area contributed by atoms with Crippen molar-refractivity contribution < 1.29 is 28.7 Å². The number of nitrogens with one attached hydrogen (secondary N) is 1. The number of hydrogen-bond acceptors (Lipinski definition) is 5. The number of aliphatic carboxylic acids is 1. The van der Waals surface area contributed by atoms with E-state index in [2.05, 4.69) is 5.32 Å². The fourth-order valence-electron chi connectivity index (χ4n) is 3.49. The van der Waals surface area contributed by atoms with Gasteiger partial charge in [-0.05, 0) is 56.3 Å². The molecule has 0 bridgehead atoms. The van der Waals surface area contributed by atoms with Crippen LogP contribution in [0.3, 0.4) is 0 Å². The number of ether oxygens (including phenoxy) is 1. The van der Waals surface area contributed by atoms with Gasteiger partial charge in [0.25, 0.3) is 0 Å². The van der Waals surface area contributed by atoms with E-state index in [1.807, 2.05) is 88.4 Å². The van der Waals surface area contributed by atoms with Crippen LogP contribution in [0.5, 0.6) is 0 Å². The molecule has 180 valence electrons. The number of rotatable bonds is 9. The number of carboxylic acid groups (broad SMARTS) is 1. The van der Waals surface area contributed by atoms with E-state index in [0.717, 1.165) is 16.7 Å². The summed E-state index contributed by atoms with van der Waals surface area (Å²) in [5.41, 5.74) is 2.25. The zero-order chi connectivity index (χ0) is 24.8. The van der Waals surface area contributed by atoms with Crippen LogP contribution in [0.1, 0.15) is 50.8 Å². The smallest absolute Gasteiger partial charge is 0.481 e. The van der Waals surface area contributed by atoms with Crippen LogP contribution in [0.2, 0.25) is 0 Å². The minimum atomic E-state index is -0.854. The first-order chi connectivity index (χ1) is 16.1. The van der Waals surface area contributed by atoms with E-state index in [1.54, 1.807) is 0 Å². The third-order valence-corrected chi connectivity index (χ3v) is 6.21. The highest BCUT2D eigenvalue weighted by molar-refractivity contribution is 6.56. The van der Waals surface area contributed by atoms with E-state index in [9.17, 15) is 9.59 Å². The number of carbonyl (C=O) groups excluding carboxylic acids is 1. The van der Waals surface area contributed by atoms with E-state index in [0.29, 0.717) is 11.9 Å². The van der Waals surface area contributed by atoms with Crippen LogP contribution in [0.4, 0.5) is 4.79 Å². The topological polar surface area (TPSA) is 94.1 Å². The lowest BCUT2D eigenvalue weighted by Gasteiger charge is -2.32. The van der Waals surface area contributed by atoms with E-state index >= 15 is 0 Å². The van der Waals surface area contributed by atoms with E-state index in [1.165, 1.54) is 0 Å². The second-order valence-corrected chi connectivity index (χ2v) is 9.32. The van der Waals surface area contributed by atoms with Gasteiger partial charge in [0.05, 0.1) is 11.2 Å². The summed E-state index contributed by atoms with van der Waals surface area (Å²) < 4.78 is 17.8. The van der Waals surface area contributed by atoms with Crippen LogP contribution in [0.25, 0.3) is 6.08 Å². The zero-order valence-corrected chi connectivity index (χ0v) is 20.2. The summed E-state index contributed by atoms with van der Waals surface area (Å²) in [6.45, 7) is 8.18. The van der Waals surface area contributed by atoms with Gasteiger partial charge in [0.15, 0.2) is 0 Å². The summed E-state index contributed by atoms with van der Waals surface area (Å²) in [4.78, 5) is 23.5. The lowest BCUT2D eigenvalue weighted by Crippen LogP contribution is -2.41. The van der Waals surface area contributed by atoms with Crippen molar-refractivity contribution in [3.63, 3.8) is 0 Å². The second-order valence-electron chi connectivity index (χ2n) is 9.32. The number of carboxylic acids is 1. The van der Waals surface area contributed by atoms with Crippen LogP contribution >= 0.6 is 0 Å². The first-order valence-corrected chi connectivity index (χ1v) is 11.4. The number of amides is 1. The largest absolute Gasteiger partial charge is 0.492 e. The summed E-state index contributed by atoms with van der Waals surface area (Å²) in [5.74, 6) is -0.854. The fraction of sp³-hybridized carbons (Fsp3) is 0.385. The maximum absolute atomic E-state index is 12.4. The van der Waals surface area contributed by atoms with Gasteiger partial charge < -0.3 is 24.5 Å². The molecule has 2 aromatic rings. The highest BCUT2D eigenvalue weighted by Gasteiger charge is 2.52. The minimum Gasteiger partial charge on any atom is -0.481 e. The van der Waals surface area contributed by atoms with Gasteiger partial charge in [-0.2, -0.15) is 0 Å². The Kier molecular flexibility index (Phi) is 8.17. The molecule has 1 amide bonds. The average molecular weight is 465 g/mol. The highest BCUT2D eigenvalue weighted by atomic mass is 16.7. The molecule has 0 radical (unpaired) electrons. The maximum Gasteiger partial charge on any atom is 0.492 e. The number of alkyl carbamates (subject to hydrolysis) is 1. The summed E-state index contributed by atoms with van der Waals surface area (Å²) in [7, 11) is -0.674. The van der Waals surface area contributed by atoms with Crippen LogP contribution < -0.4 is 5.32 Å². The fourth-order valence-corrected chi connectivity index (χ4v) is 3.49. The molecule has 0 atom stereocenters. The Morgan fingerprint density at radius 2 is 1.62 bits per heavy atom. The third-order valence-electron chi connectivity index (χ3n) is 6.21. The molecule has 1 aliphatic rings. The van der Waals surface area contributed by atoms with Gasteiger partial charge in [0.1, 0.15) is 6.61 Å². The van der Waals surface area contributed by atoms with Crippen molar-refractivity contribution in [1.82, 2.24) is 5.32 Å². The van der Waals surface area contributed by atoms with Crippen molar-refractivity contribution in [3.8, 4) is 0 Å². The number of aryl methyl sites for hydroxylation is 1. The Morgan fingerprint density at radius 1 is 1.00 bits per heavy atom. The molecular weight excluding hydrogens is 433 g/mol. The molecule has 0 unspecified atom stereocenters. The van der Waals surface area contributed by atoms with Gasteiger partial charge in [-0.3, -0.25) is 4.79 Å². The molecule has 3 rings (SSSR count). The molecule has 1 aliphatic heterocycles. The van der Waals surface area contributed by atoms with Crippen molar-refractivity contribution >= 4 is 25.3 Å². The first-order valence-electron chi connectivity index (χ1n) is 11.4. The van der Waals surface area contributed by atoms with Gasteiger partial charge in [-0.1, -0.05) is 60.7 Å². The Bertz CT molecular complexity index is 1020. The van der Waals surface area contributed by atoms with Crippen LogP contribution in [0, 0.1) is 0 Å². The van der Waals surface area contributed by atoms with E-state index in [-0.39, 0.29) is 19.6 Å². The summed E-state index contributed by atoms with van der Waals surface area (Å²) in [5, 5.41) is 11.9. The monoisotopic (exact) mass is 465 g/mol. The predicted octanol–water partition coefficient (Wildman–Crippen LogP) is 4.65. The molecule has 1 saturated heterocycles. The molecule has 0 saturated carbocycles. The second kappa shape index (κ2) is 10.9. The summed E-state index contributed by atoms with van der Waals surface area (Å²) in [6.07, 6.45) is 1.77. The molecule has 7 nitrogen and oxygen atoms in total. The van der Waals surface area contributed by atoms with Crippen LogP contribution in [-0.2, 0) is 31.9 Å². The Hall–Kier alpha value is -3.10. The number of hydrogen-bond donors (Lipinski definition) is 2. The van der Waals surface area contributed by atoms with Crippen molar-refractivity contribution in [2.75, 3.05) is 6.54 Å². The number of benzene rings is 2. The van der Waals surface area contributed by atoms with Gasteiger partial charge in [-0.25, -0.2) is 4.79 Å². The van der Waals surface area contributed by atoms with Crippen molar-refractivity contribution in [1.29, 1.82) is 0 Å². The SMILES string of the molecule is CC1(C)OB(C(=Cc2ccccc2CCC(=O)O)CNC(=O)OCc2ccccc2)OC1(C)C. The standard InChI is InChI=1S/C26H32BNO6/c1-25(2)26(3,4)34-27(33-25)22(16-21-13-9-8-12-20(21)14-15-23(29)30)17-28-24(31)32-18-19-10-6-5-7-11-19/h5-13,16H,14-15,17-18H2,1-4H3,(H,28,31)(H,29,30). The molecule has 34 heavy (non-hydrogen) atoms. The van der Waals surface area contributed by atoms with Gasteiger partial charge >= 0.3 is 19.2 Å². The quantitative estimate of drug-likeness (QED) is 0.524. The highest BCUT2D eigenvalue weighted by Crippen LogP contribution is 2.38. The Balaban J connectivity index is 1.78. The molecule has 1 heterocycles. The minimum absolute atomic E-state index is 0.0285. The molecule has 1 fully saturated rings. The number of carbonyl (C=O) groups is 2. The molecular formula is C26H32BNO6. The van der Waals surface area contributed by atoms with Crippen molar-refractivity contribution in [2.24, 2.45) is 0 Å². The average Bonchev–Trinajstić information content (AvgIpc) is 3.01. The lowest BCUT2D eigenvalue weighted by molar-refractivity contribution is -0.136. The van der Waals surface area contributed by atoms with Gasteiger partial charge in [0.2, 0.25) is 0 Å². The predicted molar refractivity (Wildman–Crippen MR) is 131 cm³/mol. The molecule has 8 heteroatoms. The first kappa shape index (κ1) is 25.5. The van der Waals surface area contributed by atoms with Crippen molar-refractivity contribution in [3.05, 3.63) is 76.8 Å². The zero-order valence-electron chi connectivity index (χ0n) is 20.2. The summed E-state index contributed by atoms with van der Waals surface area (Å²) >= 11 is 0. The molecule has 0 spiro atoms. The van der Waals surface area contributed by atoms with Gasteiger partial charge in [-0.15, -0.1) is 0 Å². The summed E-state index contributed by atoms with van der Waals surface area (Å²) in [6, 6.07) is 17.0. The molecule has 0 aromatic heterocycles. The molecule has 0 aliphatic carbocycles. The Labute approximate surface area is 201 Å². The molecule has 2 aromatic carbocycles. The third kappa shape index (κ3) is 6.71. The van der Waals surface area contributed by atoms with E-state index in [4.69, 9.17) is 19.2 Å². The van der Waals surface area contributed by atoms with Crippen LogP contribution in [0.15, 0.2) is 60.1 Å². The molecule has 2 N–H and O–H groups in total. The van der Waals surface area contributed by atoms with Crippen molar-refractivity contribution in [2.45, 2.75) is 58.3 Å². The normalized spacial score (nSPS) is 16.8. The Morgan fingerprint density at radius 3 is 2.26 bits per heavy atom. The lowest BCUT2D eigenvalue weighted by atomic mass is 9.76. The van der Waals surface area contributed by atoms with Gasteiger partial charge in [0, 0.05) is 13.0 Å². The maximum atomic E-state index is 12.4. The van der Waals surface area contributed by atoms with Crippen LogP contribution in [-0.4, -0.2) is 42.0 Å².